The first kappa shape index (κ1) is 6.60. The molecule has 2 unspecified atom stereocenters. The molecule has 0 saturated heterocycles. The Balaban J connectivity index is 2.42. The summed E-state index contributed by atoms with van der Waals surface area (Å²) in [5.41, 5.74) is 2.64. The first-order chi connectivity index (χ1) is 4.13. The van der Waals surface area contributed by atoms with Crippen LogP contribution in [0.5, 0.6) is 0 Å². The molecule has 0 amide bonds. The summed E-state index contributed by atoms with van der Waals surface area (Å²) >= 11 is 0. The number of allylic oxidation sites excluding steroid dienone is 2. The minimum absolute atomic E-state index is 0.766. The molecule has 0 N–H and O–H groups in total. The number of hydrogen-bond donors (Lipinski definition) is 0. The van der Waals surface area contributed by atoms with Gasteiger partial charge in [0.2, 0.25) is 0 Å². The molecule has 50 valence electrons. The van der Waals surface area contributed by atoms with Crippen molar-refractivity contribution in [2.24, 2.45) is 11.8 Å². The average molecular weight is 122 g/mol. The summed E-state index contributed by atoms with van der Waals surface area (Å²) in [7, 11) is 0. The molecule has 0 heteroatoms. The van der Waals surface area contributed by atoms with Gasteiger partial charge in [-0.3, -0.25) is 0 Å². The average Bonchev–Trinajstić information content (AvgIpc) is 2.39. The van der Waals surface area contributed by atoms with Crippen LogP contribution in [0.4, 0.5) is 0 Å². The minimum Gasteiger partial charge on any atom is -0.0998 e. The lowest BCUT2D eigenvalue weighted by Crippen LogP contribution is -1.82. The van der Waals surface area contributed by atoms with Crippen LogP contribution in [0.1, 0.15) is 20.3 Å². The van der Waals surface area contributed by atoms with Gasteiger partial charge in [0.25, 0.3) is 0 Å². The molecule has 0 aromatic carbocycles. The van der Waals surface area contributed by atoms with E-state index in [-0.39, 0.29) is 0 Å². The fourth-order valence-corrected chi connectivity index (χ4v) is 1.28. The molecule has 9 heavy (non-hydrogen) atoms. The third kappa shape index (κ3) is 1.24. The Morgan fingerprint density at radius 2 is 1.44 bits per heavy atom. The second-order valence-electron chi connectivity index (χ2n) is 3.14. The zero-order valence-electron chi connectivity index (χ0n) is 6.28. The summed E-state index contributed by atoms with van der Waals surface area (Å²) in [4.78, 5) is 0. The molecule has 0 heterocycles. The molecule has 1 rings (SSSR count). The van der Waals surface area contributed by atoms with Crippen molar-refractivity contribution in [1.29, 1.82) is 0 Å². The molecule has 0 nitrogen and oxygen atoms in total. The van der Waals surface area contributed by atoms with Crippen molar-refractivity contribution in [3.05, 3.63) is 24.3 Å². The molecule has 1 aliphatic carbocycles. The smallest absolute Gasteiger partial charge is 0.0137 e. The first-order valence-electron chi connectivity index (χ1n) is 3.43. The van der Waals surface area contributed by atoms with Gasteiger partial charge in [-0.05, 0) is 32.1 Å². The van der Waals surface area contributed by atoms with Crippen molar-refractivity contribution < 1.29 is 0 Å². The Bertz CT molecular complexity index is 135. The zero-order chi connectivity index (χ0) is 7.02. The van der Waals surface area contributed by atoms with E-state index in [1.165, 1.54) is 17.6 Å². The number of hydrogen-bond acceptors (Lipinski definition) is 0. The van der Waals surface area contributed by atoms with E-state index in [1.54, 1.807) is 0 Å². The molecule has 0 bridgehead atoms. The van der Waals surface area contributed by atoms with Crippen molar-refractivity contribution in [3.8, 4) is 0 Å². The van der Waals surface area contributed by atoms with Crippen LogP contribution < -0.4 is 0 Å². The molecular formula is C9H14. The van der Waals surface area contributed by atoms with Crippen molar-refractivity contribution in [3.63, 3.8) is 0 Å². The summed E-state index contributed by atoms with van der Waals surface area (Å²) in [6.45, 7) is 12.0. The van der Waals surface area contributed by atoms with Crippen LogP contribution in [0.15, 0.2) is 24.3 Å². The number of rotatable bonds is 2. The van der Waals surface area contributed by atoms with Crippen molar-refractivity contribution >= 4 is 0 Å². The maximum absolute atomic E-state index is 3.91. The Hall–Kier alpha value is -0.520. The first-order valence-corrected chi connectivity index (χ1v) is 3.43. The largest absolute Gasteiger partial charge is 0.0998 e. The van der Waals surface area contributed by atoms with Crippen LogP contribution in [0.3, 0.4) is 0 Å². The minimum atomic E-state index is 0.766. The van der Waals surface area contributed by atoms with Crippen LogP contribution in [-0.4, -0.2) is 0 Å². The van der Waals surface area contributed by atoms with Crippen molar-refractivity contribution in [1.82, 2.24) is 0 Å². The van der Waals surface area contributed by atoms with Gasteiger partial charge in [-0.25, -0.2) is 0 Å². The lowest BCUT2D eigenvalue weighted by atomic mass is 10.1. The molecular weight excluding hydrogens is 108 g/mol. The highest BCUT2D eigenvalue weighted by atomic mass is 14.4. The summed E-state index contributed by atoms with van der Waals surface area (Å²) < 4.78 is 0. The van der Waals surface area contributed by atoms with Crippen LogP contribution in [-0.2, 0) is 0 Å². The lowest BCUT2D eigenvalue weighted by Gasteiger charge is -1.95. The van der Waals surface area contributed by atoms with Gasteiger partial charge in [-0.1, -0.05) is 24.3 Å². The Kier molecular flexibility index (Phi) is 1.48. The van der Waals surface area contributed by atoms with E-state index >= 15 is 0 Å². The fourth-order valence-electron chi connectivity index (χ4n) is 1.28. The predicted molar refractivity (Wildman–Crippen MR) is 41.2 cm³/mol. The Morgan fingerprint density at radius 3 is 1.56 bits per heavy atom. The molecule has 0 aliphatic heterocycles. The van der Waals surface area contributed by atoms with E-state index < -0.39 is 0 Å². The van der Waals surface area contributed by atoms with Gasteiger partial charge in [-0.15, -0.1) is 0 Å². The Labute approximate surface area is 57.3 Å². The quantitative estimate of drug-likeness (QED) is 0.494. The third-order valence-corrected chi connectivity index (χ3v) is 2.06. The normalized spacial score (nSPS) is 31.8. The molecule has 2 atom stereocenters. The third-order valence-electron chi connectivity index (χ3n) is 2.06. The molecule has 0 aromatic rings. The maximum atomic E-state index is 3.91. The van der Waals surface area contributed by atoms with E-state index in [4.69, 9.17) is 0 Å². The van der Waals surface area contributed by atoms with Gasteiger partial charge in [0.05, 0.1) is 0 Å². The summed E-state index contributed by atoms with van der Waals surface area (Å²) in [6, 6.07) is 0. The van der Waals surface area contributed by atoms with E-state index in [2.05, 4.69) is 27.0 Å². The van der Waals surface area contributed by atoms with Gasteiger partial charge < -0.3 is 0 Å². The maximum Gasteiger partial charge on any atom is -0.0137 e. The molecule has 0 aromatic heterocycles. The predicted octanol–water partition coefficient (Wildman–Crippen LogP) is 2.77. The topological polar surface area (TPSA) is 0 Å². The van der Waals surface area contributed by atoms with E-state index in [0.29, 0.717) is 0 Å². The van der Waals surface area contributed by atoms with Crippen LogP contribution in [0.25, 0.3) is 0 Å². The molecule has 1 fully saturated rings. The monoisotopic (exact) mass is 122 g/mol. The summed E-state index contributed by atoms with van der Waals surface area (Å²) in [5.74, 6) is 1.53. The van der Waals surface area contributed by atoms with Crippen LogP contribution in [0.2, 0.25) is 0 Å². The highest BCUT2D eigenvalue weighted by molar-refractivity contribution is 5.19. The molecule has 1 saturated carbocycles. The lowest BCUT2D eigenvalue weighted by molar-refractivity contribution is 0.885. The fraction of sp³-hybridized carbons (Fsp3) is 0.556. The second-order valence-corrected chi connectivity index (χ2v) is 3.14. The standard InChI is InChI=1S/C9H14/c1-6(2)8-5-9(8)7(3)4/h8-9H,1,3,5H2,2,4H3. The molecule has 0 spiro atoms. The van der Waals surface area contributed by atoms with E-state index in [0.717, 1.165) is 11.8 Å². The van der Waals surface area contributed by atoms with Crippen LogP contribution >= 0.6 is 0 Å². The summed E-state index contributed by atoms with van der Waals surface area (Å²) in [6.07, 6.45) is 1.30. The summed E-state index contributed by atoms with van der Waals surface area (Å²) in [5, 5.41) is 0. The van der Waals surface area contributed by atoms with Gasteiger partial charge in [0, 0.05) is 0 Å². The molecule has 0 radical (unpaired) electrons. The van der Waals surface area contributed by atoms with Crippen molar-refractivity contribution in [2.75, 3.05) is 0 Å². The van der Waals surface area contributed by atoms with Crippen molar-refractivity contribution in [2.45, 2.75) is 20.3 Å². The SMILES string of the molecule is C=C(C)C1CC1C(=C)C. The van der Waals surface area contributed by atoms with Gasteiger partial charge in [-0.2, -0.15) is 0 Å². The second kappa shape index (κ2) is 2.02. The van der Waals surface area contributed by atoms with Gasteiger partial charge >= 0.3 is 0 Å². The Morgan fingerprint density at radius 1 is 1.11 bits per heavy atom. The van der Waals surface area contributed by atoms with Gasteiger partial charge in [0.15, 0.2) is 0 Å². The zero-order valence-corrected chi connectivity index (χ0v) is 6.28. The molecule has 1 aliphatic rings. The van der Waals surface area contributed by atoms with Crippen LogP contribution in [0, 0.1) is 11.8 Å². The van der Waals surface area contributed by atoms with E-state index in [1.807, 2.05) is 0 Å². The van der Waals surface area contributed by atoms with Gasteiger partial charge in [0.1, 0.15) is 0 Å². The highest BCUT2D eigenvalue weighted by Crippen LogP contribution is 2.47. The highest BCUT2D eigenvalue weighted by Gasteiger charge is 2.37. The van der Waals surface area contributed by atoms with E-state index in [9.17, 15) is 0 Å².